The Hall–Kier alpha value is -1.66. The Morgan fingerprint density at radius 3 is 3.06 bits per heavy atom. The molecule has 1 unspecified atom stereocenters. The van der Waals surface area contributed by atoms with Crippen LogP contribution in [0.2, 0.25) is 0 Å². The van der Waals surface area contributed by atoms with E-state index in [1.807, 2.05) is 4.90 Å². The third-order valence-electron chi connectivity index (χ3n) is 2.94. The molecule has 1 aliphatic rings. The number of piperidine rings is 1. The number of carbonyl (C=O) groups is 2. The summed E-state index contributed by atoms with van der Waals surface area (Å²) in [5.74, 6) is -0.772. The van der Waals surface area contributed by atoms with Crippen LogP contribution in [-0.2, 0) is 4.79 Å². The van der Waals surface area contributed by atoms with Crippen molar-refractivity contribution in [2.24, 2.45) is 0 Å². The summed E-state index contributed by atoms with van der Waals surface area (Å²) in [6.45, 7) is 1.41. The summed E-state index contributed by atoms with van der Waals surface area (Å²) in [4.78, 5) is 27.8. The molecule has 1 saturated heterocycles. The van der Waals surface area contributed by atoms with Gasteiger partial charge in [0, 0.05) is 12.7 Å². The maximum absolute atomic E-state index is 11.7. The second kappa shape index (κ2) is 5.79. The minimum absolute atomic E-state index is 0.142. The van der Waals surface area contributed by atoms with Gasteiger partial charge in [0.1, 0.15) is 5.69 Å². The molecule has 0 spiro atoms. The van der Waals surface area contributed by atoms with Gasteiger partial charge in [0.2, 0.25) is 5.91 Å². The number of amides is 2. The van der Waals surface area contributed by atoms with Crippen molar-refractivity contribution in [1.29, 1.82) is 0 Å². The summed E-state index contributed by atoms with van der Waals surface area (Å²) in [6.07, 6.45) is 2.91. The molecule has 3 N–H and O–H groups in total. The average molecular weight is 251 g/mol. The lowest BCUT2D eigenvalue weighted by atomic mass is 10.1. The number of likely N-dealkylation sites (tertiary alicyclic amines) is 1. The van der Waals surface area contributed by atoms with Gasteiger partial charge in [-0.2, -0.15) is 0 Å². The van der Waals surface area contributed by atoms with E-state index in [0.717, 1.165) is 19.4 Å². The van der Waals surface area contributed by atoms with Crippen molar-refractivity contribution >= 4 is 11.8 Å². The number of aliphatic hydroxyl groups is 1. The Morgan fingerprint density at radius 1 is 1.56 bits per heavy atom. The molecule has 2 amide bonds. The van der Waals surface area contributed by atoms with E-state index in [9.17, 15) is 14.7 Å². The maximum atomic E-state index is 11.7. The first kappa shape index (κ1) is 12.8. The molecule has 0 saturated carbocycles. The summed E-state index contributed by atoms with van der Waals surface area (Å²) >= 11 is 0. The van der Waals surface area contributed by atoms with Crippen LogP contribution in [0.25, 0.3) is 0 Å². The SMILES string of the molecule is O=C(CN1CCCC(O)C1)NC(=O)c1ccc[nH]1. The predicted molar refractivity (Wildman–Crippen MR) is 64.9 cm³/mol. The van der Waals surface area contributed by atoms with Crippen LogP contribution < -0.4 is 5.32 Å². The summed E-state index contributed by atoms with van der Waals surface area (Å²) in [5, 5.41) is 11.8. The standard InChI is InChI=1S/C12H17N3O3/c16-9-3-2-6-15(7-9)8-11(17)14-12(18)10-4-1-5-13-10/h1,4-5,9,13,16H,2-3,6-8H2,(H,14,17,18). The van der Waals surface area contributed by atoms with Crippen molar-refractivity contribution < 1.29 is 14.7 Å². The second-order valence-electron chi connectivity index (χ2n) is 4.49. The van der Waals surface area contributed by atoms with Gasteiger partial charge in [0.05, 0.1) is 12.6 Å². The molecule has 1 atom stereocenters. The van der Waals surface area contributed by atoms with E-state index in [1.54, 1.807) is 18.3 Å². The van der Waals surface area contributed by atoms with Crippen LogP contribution in [-0.4, -0.2) is 52.5 Å². The van der Waals surface area contributed by atoms with E-state index in [0.29, 0.717) is 12.2 Å². The van der Waals surface area contributed by atoms with E-state index >= 15 is 0 Å². The van der Waals surface area contributed by atoms with E-state index in [2.05, 4.69) is 10.3 Å². The first-order valence-electron chi connectivity index (χ1n) is 6.03. The number of aliphatic hydroxyl groups excluding tert-OH is 1. The minimum Gasteiger partial charge on any atom is -0.392 e. The lowest BCUT2D eigenvalue weighted by Crippen LogP contribution is -2.45. The number of aromatic nitrogens is 1. The number of hydrogen-bond acceptors (Lipinski definition) is 4. The number of rotatable bonds is 3. The Bertz CT molecular complexity index is 416. The van der Waals surface area contributed by atoms with E-state index in [-0.39, 0.29) is 18.6 Å². The topological polar surface area (TPSA) is 85.4 Å². The molecule has 0 bridgehead atoms. The molecular formula is C12H17N3O3. The van der Waals surface area contributed by atoms with Crippen LogP contribution in [0.5, 0.6) is 0 Å². The van der Waals surface area contributed by atoms with Gasteiger partial charge >= 0.3 is 0 Å². The monoisotopic (exact) mass is 251 g/mol. The molecule has 2 rings (SSSR count). The molecule has 1 aliphatic heterocycles. The third kappa shape index (κ3) is 3.41. The van der Waals surface area contributed by atoms with Gasteiger partial charge in [0.25, 0.3) is 5.91 Å². The van der Waals surface area contributed by atoms with Crippen molar-refractivity contribution in [1.82, 2.24) is 15.2 Å². The van der Waals surface area contributed by atoms with Gasteiger partial charge in [-0.1, -0.05) is 0 Å². The molecule has 1 fully saturated rings. The second-order valence-corrected chi connectivity index (χ2v) is 4.49. The van der Waals surface area contributed by atoms with Gasteiger partial charge in [-0.05, 0) is 31.5 Å². The number of carbonyl (C=O) groups excluding carboxylic acids is 2. The molecule has 1 aromatic heterocycles. The Kier molecular flexibility index (Phi) is 4.11. The fourth-order valence-corrected chi connectivity index (χ4v) is 2.08. The lowest BCUT2D eigenvalue weighted by molar-refractivity contribution is -0.121. The van der Waals surface area contributed by atoms with Gasteiger partial charge in [-0.25, -0.2) is 0 Å². The number of H-pyrrole nitrogens is 1. The Morgan fingerprint density at radius 2 is 2.39 bits per heavy atom. The summed E-state index contributed by atoms with van der Waals surface area (Å²) < 4.78 is 0. The number of aromatic amines is 1. The first-order valence-corrected chi connectivity index (χ1v) is 6.03. The Balaban J connectivity index is 1.80. The highest BCUT2D eigenvalue weighted by atomic mass is 16.3. The van der Waals surface area contributed by atoms with Crippen molar-refractivity contribution in [3.05, 3.63) is 24.0 Å². The number of β-amino-alcohol motifs (C(OH)–C–C–N with tert-alkyl or cyclic N) is 1. The zero-order valence-electron chi connectivity index (χ0n) is 10.1. The molecular weight excluding hydrogens is 234 g/mol. The lowest BCUT2D eigenvalue weighted by Gasteiger charge is -2.29. The quantitative estimate of drug-likeness (QED) is 0.690. The number of nitrogens with one attached hydrogen (secondary N) is 2. The fourth-order valence-electron chi connectivity index (χ4n) is 2.08. The molecule has 2 heterocycles. The van der Waals surface area contributed by atoms with Crippen LogP contribution in [0, 0.1) is 0 Å². The highest BCUT2D eigenvalue weighted by Gasteiger charge is 2.20. The van der Waals surface area contributed by atoms with Crippen molar-refractivity contribution in [2.75, 3.05) is 19.6 Å². The molecule has 98 valence electrons. The number of imide groups is 1. The molecule has 6 nitrogen and oxygen atoms in total. The zero-order valence-corrected chi connectivity index (χ0v) is 10.1. The smallest absolute Gasteiger partial charge is 0.274 e. The van der Waals surface area contributed by atoms with Crippen LogP contribution in [0.15, 0.2) is 18.3 Å². The normalized spacial score (nSPS) is 20.6. The molecule has 0 aromatic carbocycles. The molecule has 1 aromatic rings. The van der Waals surface area contributed by atoms with E-state index < -0.39 is 5.91 Å². The molecule has 0 radical (unpaired) electrons. The Labute approximate surface area is 105 Å². The van der Waals surface area contributed by atoms with E-state index in [4.69, 9.17) is 0 Å². The minimum atomic E-state index is -0.428. The average Bonchev–Trinajstić information content (AvgIpc) is 2.81. The first-order chi connectivity index (χ1) is 8.65. The highest BCUT2D eigenvalue weighted by molar-refractivity contribution is 6.04. The summed E-state index contributed by atoms with van der Waals surface area (Å²) in [7, 11) is 0. The van der Waals surface area contributed by atoms with Gasteiger partial charge in [0.15, 0.2) is 0 Å². The zero-order chi connectivity index (χ0) is 13.0. The molecule has 0 aliphatic carbocycles. The van der Waals surface area contributed by atoms with Crippen molar-refractivity contribution in [3.63, 3.8) is 0 Å². The van der Waals surface area contributed by atoms with Crippen LogP contribution in [0.1, 0.15) is 23.3 Å². The number of nitrogens with zero attached hydrogens (tertiary/aromatic N) is 1. The molecule has 6 heteroatoms. The largest absolute Gasteiger partial charge is 0.392 e. The van der Waals surface area contributed by atoms with Crippen LogP contribution in [0.4, 0.5) is 0 Å². The summed E-state index contributed by atoms with van der Waals surface area (Å²) in [5.41, 5.74) is 0.363. The van der Waals surface area contributed by atoms with E-state index in [1.165, 1.54) is 0 Å². The van der Waals surface area contributed by atoms with Crippen molar-refractivity contribution in [2.45, 2.75) is 18.9 Å². The third-order valence-corrected chi connectivity index (χ3v) is 2.94. The van der Waals surface area contributed by atoms with Gasteiger partial charge < -0.3 is 10.1 Å². The summed E-state index contributed by atoms with van der Waals surface area (Å²) in [6, 6.07) is 3.30. The number of hydrogen-bond donors (Lipinski definition) is 3. The predicted octanol–water partition coefficient (Wildman–Crippen LogP) is -0.272. The maximum Gasteiger partial charge on any atom is 0.274 e. The van der Waals surface area contributed by atoms with Crippen LogP contribution >= 0.6 is 0 Å². The van der Waals surface area contributed by atoms with Crippen LogP contribution in [0.3, 0.4) is 0 Å². The van der Waals surface area contributed by atoms with Crippen molar-refractivity contribution in [3.8, 4) is 0 Å². The fraction of sp³-hybridized carbons (Fsp3) is 0.500. The highest BCUT2D eigenvalue weighted by Crippen LogP contribution is 2.08. The van der Waals surface area contributed by atoms with Gasteiger partial charge in [-0.15, -0.1) is 0 Å². The van der Waals surface area contributed by atoms with Gasteiger partial charge in [-0.3, -0.25) is 19.8 Å². The molecule has 18 heavy (non-hydrogen) atoms.